The molecule has 0 spiro atoms. The summed E-state index contributed by atoms with van der Waals surface area (Å²) in [5.41, 5.74) is 2.36. The monoisotopic (exact) mass is 441 g/mol. The van der Waals surface area contributed by atoms with Crippen molar-refractivity contribution < 1.29 is 22.7 Å². The molecule has 0 amide bonds. The van der Waals surface area contributed by atoms with Crippen molar-refractivity contribution in [1.29, 1.82) is 0 Å². The summed E-state index contributed by atoms with van der Waals surface area (Å²) < 4.78 is 32.5. The Morgan fingerprint density at radius 2 is 1.70 bits per heavy atom. The van der Waals surface area contributed by atoms with E-state index in [-0.39, 0.29) is 22.8 Å². The number of hydrogen-bond donors (Lipinski definition) is 0. The van der Waals surface area contributed by atoms with Crippen LogP contribution in [0.3, 0.4) is 0 Å². The molecule has 1 aliphatic rings. The van der Waals surface area contributed by atoms with Gasteiger partial charge in [-0.05, 0) is 53.3 Å². The highest BCUT2D eigenvalue weighted by Gasteiger charge is 2.28. The van der Waals surface area contributed by atoms with Gasteiger partial charge < -0.3 is 4.74 Å². The molecule has 1 aromatic heterocycles. The van der Waals surface area contributed by atoms with Crippen molar-refractivity contribution >= 4 is 33.1 Å². The zero-order valence-electron chi connectivity index (χ0n) is 16.0. The average molecular weight is 442 g/mol. The number of carbonyl (C=O) groups is 2. The predicted octanol–water partition coefficient (Wildman–Crippen LogP) is 3.53. The lowest BCUT2D eigenvalue weighted by molar-refractivity contribution is 0.0475. The molecule has 0 fully saturated rings. The molecule has 2 heterocycles. The lowest BCUT2D eigenvalue weighted by Gasteiger charge is -2.28. The second-order valence-electron chi connectivity index (χ2n) is 6.86. The van der Waals surface area contributed by atoms with Gasteiger partial charge in [-0.1, -0.05) is 30.3 Å². The minimum atomic E-state index is -3.67. The van der Waals surface area contributed by atoms with Crippen LogP contribution in [0.5, 0.6) is 0 Å². The Kier molecular flexibility index (Phi) is 5.80. The molecule has 3 aromatic rings. The number of rotatable bonds is 6. The van der Waals surface area contributed by atoms with E-state index in [0.717, 1.165) is 5.56 Å². The van der Waals surface area contributed by atoms with Crippen LogP contribution in [-0.4, -0.2) is 37.6 Å². The number of benzene rings is 2. The highest BCUT2D eigenvalue weighted by molar-refractivity contribution is 7.89. The van der Waals surface area contributed by atoms with Crippen LogP contribution in [0.15, 0.2) is 70.9 Å². The maximum Gasteiger partial charge on any atom is 0.338 e. The van der Waals surface area contributed by atoms with Gasteiger partial charge in [0.25, 0.3) is 0 Å². The quantitative estimate of drug-likeness (QED) is 0.432. The van der Waals surface area contributed by atoms with Crippen LogP contribution in [-0.2, 0) is 27.7 Å². The maximum absolute atomic E-state index is 13.0. The van der Waals surface area contributed by atoms with Crippen LogP contribution in [0.25, 0.3) is 0 Å². The van der Waals surface area contributed by atoms with Crippen molar-refractivity contribution in [1.82, 2.24) is 4.31 Å². The molecular weight excluding hydrogens is 422 g/mol. The van der Waals surface area contributed by atoms with Gasteiger partial charge in [-0.2, -0.15) is 4.31 Å². The van der Waals surface area contributed by atoms with Gasteiger partial charge in [0.2, 0.25) is 15.8 Å². The Morgan fingerprint density at radius 3 is 2.40 bits per heavy atom. The maximum atomic E-state index is 13.0. The summed E-state index contributed by atoms with van der Waals surface area (Å²) in [5, 5.41) is 1.77. The molecular formula is C22H19NO5S2. The van der Waals surface area contributed by atoms with Crippen LogP contribution in [0.2, 0.25) is 0 Å². The Morgan fingerprint density at radius 1 is 0.967 bits per heavy atom. The van der Waals surface area contributed by atoms with E-state index in [1.807, 2.05) is 24.3 Å². The predicted molar refractivity (Wildman–Crippen MR) is 113 cm³/mol. The second-order valence-corrected chi connectivity index (χ2v) is 9.74. The normalized spacial score (nSPS) is 14.1. The van der Waals surface area contributed by atoms with E-state index < -0.39 is 16.0 Å². The summed E-state index contributed by atoms with van der Waals surface area (Å²) in [5.74, 6) is -0.946. The number of esters is 1. The molecule has 1 aliphatic heterocycles. The average Bonchev–Trinajstić information content (AvgIpc) is 3.32. The van der Waals surface area contributed by atoms with E-state index >= 15 is 0 Å². The highest BCUT2D eigenvalue weighted by atomic mass is 32.2. The summed E-state index contributed by atoms with van der Waals surface area (Å²) in [6.07, 6.45) is 0.665. The number of Topliss-reactive ketones (excluding diaryl/α,β-unsaturated/α-hetero) is 1. The molecule has 0 N–H and O–H groups in total. The summed E-state index contributed by atoms with van der Waals surface area (Å²) in [6.45, 7) is 0.383. The number of sulfonamides is 1. The van der Waals surface area contributed by atoms with Crippen LogP contribution in [0.1, 0.15) is 31.2 Å². The van der Waals surface area contributed by atoms with Gasteiger partial charge in [-0.3, -0.25) is 4.79 Å². The van der Waals surface area contributed by atoms with Gasteiger partial charge in [0, 0.05) is 13.1 Å². The summed E-state index contributed by atoms with van der Waals surface area (Å²) in [4.78, 5) is 24.8. The first kappa shape index (κ1) is 20.5. The molecule has 0 radical (unpaired) electrons. The van der Waals surface area contributed by atoms with Crippen molar-refractivity contribution in [3.05, 3.63) is 87.6 Å². The van der Waals surface area contributed by atoms with Crippen molar-refractivity contribution in [2.24, 2.45) is 0 Å². The molecule has 154 valence electrons. The topological polar surface area (TPSA) is 80.8 Å². The number of ether oxygens (including phenoxy) is 1. The van der Waals surface area contributed by atoms with Gasteiger partial charge in [-0.25, -0.2) is 13.2 Å². The molecule has 8 heteroatoms. The number of thiophene rings is 1. The lowest BCUT2D eigenvalue weighted by Crippen LogP contribution is -2.35. The number of fused-ring (bicyclic) bond motifs is 1. The van der Waals surface area contributed by atoms with Gasteiger partial charge in [0.1, 0.15) is 0 Å². The summed E-state index contributed by atoms with van der Waals surface area (Å²) >= 11 is 1.28. The fourth-order valence-electron chi connectivity index (χ4n) is 3.31. The standard InChI is InChI=1S/C22H19NO5S2/c24-20(21-6-3-13-29-21)15-28-22(25)17-7-9-19(10-8-17)30(26,27)23-12-11-16-4-1-2-5-18(16)14-23/h1-10,13H,11-12,14-15H2. The van der Waals surface area contributed by atoms with Gasteiger partial charge in [-0.15, -0.1) is 11.3 Å². The Labute approximate surface area is 178 Å². The fourth-order valence-corrected chi connectivity index (χ4v) is 5.38. The molecule has 0 atom stereocenters. The first-order valence-corrected chi connectivity index (χ1v) is 11.7. The lowest BCUT2D eigenvalue weighted by atomic mass is 10.0. The second kappa shape index (κ2) is 8.51. The third-order valence-electron chi connectivity index (χ3n) is 4.95. The van der Waals surface area contributed by atoms with E-state index in [1.54, 1.807) is 17.5 Å². The van der Waals surface area contributed by atoms with Crippen LogP contribution in [0.4, 0.5) is 0 Å². The molecule has 0 saturated heterocycles. The third-order valence-corrected chi connectivity index (χ3v) is 7.72. The molecule has 0 unspecified atom stereocenters. The minimum Gasteiger partial charge on any atom is -0.454 e. The fraction of sp³-hybridized carbons (Fsp3) is 0.182. The first-order valence-electron chi connectivity index (χ1n) is 9.36. The van der Waals surface area contributed by atoms with Crippen molar-refractivity contribution in [2.75, 3.05) is 13.2 Å². The van der Waals surface area contributed by atoms with Crippen molar-refractivity contribution in [3.63, 3.8) is 0 Å². The zero-order valence-corrected chi connectivity index (χ0v) is 17.6. The van der Waals surface area contributed by atoms with Crippen LogP contribution in [0, 0.1) is 0 Å². The van der Waals surface area contributed by atoms with E-state index in [9.17, 15) is 18.0 Å². The molecule has 0 bridgehead atoms. The smallest absolute Gasteiger partial charge is 0.338 e. The van der Waals surface area contributed by atoms with E-state index in [2.05, 4.69) is 0 Å². The summed E-state index contributed by atoms with van der Waals surface area (Å²) in [6, 6.07) is 16.8. The largest absolute Gasteiger partial charge is 0.454 e. The van der Waals surface area contributed by atoms with Gasteiger partial charge >= 0.3 is 5.97 Å². The Hall–Kier alpha value is -2.81. The number of carbonyl (C=O) groups excluding carboxylic acids is 2. The van der Waals surface area contributed by atoms with Crippen LogP contribution < -0.4 is 0 Å². The third kappa shape index (κ3) is 4.21. The van der Waals surface area contributed by atoms with Crippen molar-refractivity contribution in [2.45, 2.75) is 17.9 Å². The number of hydrogen-bond acceptors (Lipinski definition) is 6. The molecule has 6 nitrogen and oxygen atoms in total. The minimum absolute atomic E-state index is 0.119. The number of nitrogens with zero attached hydrogens (tertiary/aromatic N) is 1. The molecule has 0 aliphatic carbocycles. The van der Waals surface area contributed by atoms with Gasteiger partial charge in [0.05, 0.1) is 15.3 Å². The molecule has 4 rings (SSSR count). The van der Waals surface area contributed by atoms with E-state index in [1.165, 1.54) is 45.5 Å². The van der Waals surface area contributed by atoms with Crippen molar-refractivity contribution in [3.8, 4) is 0 Å². The SMILES string of the molecule is O=C(OCC(=O)c1cccs1)c1ccc(S(=O)(=O)N2CCc3ccccc3C2)cc1. The van der Waals surface area contributed by atoms with E-state index in [0.29, 0.717) is 24.4 Å². The molecule has 0 saturated carbocycles. The Bertz CT molecular complexity index is 1170. The summed E-state index contributed by atoms with van der Waals surface area (Å²) in [7, 11) is -3.67. The van der Waals surface area contributed by atoms with Gasteiger partial charge in [0.15, 0.2) is 6.61 Å². The van der Waals surface area contributed by atoms with E-state index in [4.69, 9.17) is 4.74 Å². The first-order chi connectivity index (χ1) is 14.4. The highest BCUT2D eigenvalue weighted by Crippen LogP contribution is 2.25. The zero-order chi connectivity index (χ0) is 21.1. The molecule has 2 aromatic carbocycles. The van der Waals surface area contributed by atoms with Crippen LogP contribution >= 0.6 is 11.3 Å². The Balaban J connectivity index is 1.42. The molecule has 30 heavy (non-hydrogen) atoms. The number of ketones is 1.